The molecule has 112 valence electrons. The number of benzene rings is 1. The van der Waals surface area contributed by atoms with E-state index in [9.17, 15) is 4.79 Å². The highest BCUT2D eigenvalue weighted by Gasteiger charge is 2.12. The fourth-order valence-electron chi connectivity index (χ4n) is 2.04. The molecular weight excluding hydrogens is 284 g/mol. The predicted molar refractivity (Wildman–Crippen MR) is 78.1 cm³/mol. The van der Waals surface area contributed by atoms with Gasteiger partial charge in [-0.05, 0) is 31.5 Å². The van der Waals surface area contributed by atoms with Gasteiger partial charge in [-0.3, -0.25) is 0 Å². The molecule has 0 amide bonds. The van der Waals surface area contributed by atoms with Crippen molar-refractivity contribution in [2.75, 3.05) is 7.11 Å². The van der Waals surface area contributed by atoms with Gasteiger partial charge in [0.25, 0.3) is 5.78 Å². The summed E-state index contributed by atoms with van der Waals surface area (Å²) in [6.45, 7) is 3.74. The first-order chi connectivity index (χ1) is 10.6. The van der Waals surface area contributed by atoms with Crippen molar-refractivity contribution in [1.82, 2.24) is 19.6 Å². The van der Waals surface area contributed by atoms with Crippen LogP contribution in [-0.2, 0) is 4.74 Å². The first-order valence-electron chi connectivity index (χ1n) is 6.62. The third-order valence-corrected chi connectivity index (χ3v) is 3.17. The van der Waals surface area contributed by atoms with Crippen LogP contribution in [0.2, 0.25) is 0 Å². The standard InChI is InChI=1S/C15H14N4O3/c1-9-4-5-11(14(20)21-3)7-12(9)22-13-6-10(2)18-15-16-8-17-19(13)15/h4-8H,1-3H3. The van der Waals surface area contributed by atoms with Crippen molar-refractivity contribution >= 4 is 11.7 Å². The van der Waals surface area contributed by atoms with E-state index in [0.29, 0.717) is 23.0 Å². The fourth-order valence-corrected chi connectivity index (χ4v) is 2.04. The number of methoxy groups -OCH3 is 1. The Morgan fingerprint density at radius 3 is 2.82 bits per heavy atom. The molecule has 0 unspecified atom stereocenters. The largest absolute Gasteiger partial charge is 0.465 e. The summed E-state index contributed by atoms with van der Waals surface area (Å²) >= 11 is 0. The molecule has 7 heteroatoms. The highest BCUT2D eigenvalue weighted by molar-refractivity contribution is 5.89. The smallest absolute Gasteiger partial charge is 0.337 e. The number of hydrogen-bond donors (Lipinski definition) is 0. The van der Waals surface area contributed by atoms with Crippen LogP contribution in [0, 0.1) is 13.8 Å². The van der Waals surface area contributed by atoms with Crippen molar-refractivity contribution in [3.8, 4) is 11.6 Å². The summed E-state index contributed by atoms with van der Waals surface area (Å²) in [6, 6.07) is 6.89. The molecule has 0 spiro atoms. The molecule has 3 aromatic rings. The van der Waals surface area contributed by atoms with Gasteiger partial charge in [-0.2, -0.15) is 14.6 Å². The van der Waals surface area contributed by atoms with Crippen LogP contribution in [0.25, 0.3) is 5.78 Å². The molecule has 0 saturated carbocycles. The normalized spacial score (nSPS) is 10.7. The number of aryl methyl sites for hydroxylation is 2. The monoisotopic (exact) mass is 298 g/mol. The minimum Gasteiger partial charge on any atom is -0.465 e. The molecule has 22 heavy (non-hydrogen) atoms. The van der Waals surface area contributed by atoms with Gasteiger partial charge in [0.15, 0.2) is 0 Å². The molecule has 3 rings (SSSR count). The molecule has 2 heterocycles. The molecule has 0 fully saturated rings. The van der Waals surface area contributed by atoms with E-state index in [4.69, 9.17) is 9.47 Å². The topological polar surface area (TPSA) is 78.6 Å². The lowest BCUT2D eigenvalue weighted by molar-refractivity contribution is 0.0600. The lowest BCUT2D eigenvalue weighted by Gasteiger charge is -2.11. The van der Waals surface area contributed by atoms with E-state index in [1.54, 1.807) is 24.3 Å². The van der Waals surface area contributed by atoms with Crippen LogP contribution in [0.15, 0.2) is 30.6 Å². The highest BCUT2D eigenvalue weighted by Crippen LogP contribution is 2.26. The Balaban J connectivity index is 2.04. The fraction of sp³-hybridized carbons (Fsp3) is 0.200. The minimum absolute atomic E-state index is 0.415. The Kier molecular flexibility index (Phi) is 3.46. The van der Waals surface area contributed by atoms with Crippen LogP contribution in [0.3, 0.4) is 0 Å². The van der Waals surface area contributed by atoms with Gasteiger partial charge in [-0.15, -0.1) is 0 Å². The molecule has 0 atom stereocenters. The maximum Gasteiger partial charge on any atom is 0.337 e. The van der Waals surface area contributed by atoms with E-state index in [1.807, 2.05) is 13.8 Å². The number of aromatic nitrogens is 4. The van der Waals surface area contributed by atoms with Crippen LogP contribution in [0.1, 0.15) is 21.6 Å². The zero-order valence-corrected chi connectivity index (χ0v) is 12.4. The predicted octanol–water partition coefficient (Wildman–Crippen LogP) is 2.32. The number of esters is 1. The molecule has 0 aliphatic carbocycles. The lowest BCUT2D eigenvalue weighted by Crippen LogP contribution is -2.03. The minimum atomic E-state index is -0.415. The van der Waals surface area contributed by atoms with Gasteiger partial charge in [-0.1, -0.05) is 6.07 Å². The zero-order valence-electron chi connectivity index (χ0n) is 12.4. The number of ether oxygens (including phenoxy) is 2. The molecule has 0 aliphatic heterocycles. The summed E-state index contributed by atoms with van der Waals surface area (Å²) in [6.07, 6.45) is 1.41. The van der Waals surface area contributed by atoms with Crippen molar-refractivity contribution in [2.45, 2.75) is 13.8 Å². The van der Waals surface area contributed by atoms with E-state index in [-0.39, 0.29) is 0 Å². The van der Waals surface area contributed by atoms with Gasteiger partial charge >= 0.3 is 5.97 Å². The third kappa shape index (κ3) is 2.48. The highest BCUT2D eigenvalue weighted by atomic mass is 16.5. The number of hydrogen-bond acceptors (Lipinski definition) is 6. The Morgan fingerprint density at radius 2 is 2.05 bits per heavy atom. The van der Waals surface area contributed by atoms with E-state index in [1.165, 1.54) is 18.0 Å². The second kappa shape index (κ2) is 5.44. The molecule has 0 bridgehead atoms. The maximum atomic E-state index is 11.6. The Hall–Kier alpha value is -2.96. The zero-order chi connectivity index (χ0) is 15.7. The molecular formula is C15H14N4O3. The Bertz CT molecular complexity index is 857. The summed E-state index contributed by atoms with van der Waals surface area (Å²) in [4.78, 5) is 19.9. The summed E-state index contributed by atoms with van der Waals surface area (Å²) in [5.74, 6) is 1.06. The van der Waals surface area contributed by atoms with Crippen molar-refractivity contribution in [1.29, 1.82) is 0 Å². The van der Waals surface area contributed by atoms with Crippen LogP contribution < -0.4 is 4.74 Å². The maximum absolute atomic E-state index is 11.6. The van der Waals surface area contributed by atoms with Crippen molar-refractivity contribution in [3.63, 3.8) is 0 Å². The molecule has 2 aromatic heterocycles. The van der Waals surface area contributed by atoms with Crippen LogP contribution in [0.4, 0.5) is 0 Å². The van der Waals surface area contributed by atoms with E-state index < -0.39 is 5.97 Å². The number of carbonyl (C=O) groups is 1. The van der Waals surface area contributed by atoms with Crippen molar-refractivity contribution < 1.29 is 14.3 Å². The molecule has 7 nitrogen and oxygen atoms in total. The van der Waals surface area contributed by atoms with E-state index in [2.05, 4.69) is 15.1 Å². The first kappa shape index (κ1) is 14.0. The third-order valence-electron chi connectivity index (χ3n) is 3.17. The summed E-state index contributed by atoms with van der Waals surface area (Å²) < 4.78 is 12.1. The molecule has 0 radical (unpaired) electrons. The quantitative estimate of drug-likeness (QED) is 0.690. The van der Waals surface area contributed by atoms with Crippen LogP contribution in [0.5, 0.6) is 11.6 Å². The van der Waals surface area contributed by atoms with Crippen LogP contribution in [-0.4, -0.2) is 32.7 Å². The van der Waals surface area contributed by atoms with Gasteiger partial charge in [0.05, 0.1) is 12.7 Å². The number of rotatable bonds is 3. The van der Waals surface area contributed by atoms with E-state index in [0.717, 1.165) is 11.3 Å². The van der Waals surface area contributed by atoms with Gasteiger partial charge < -0.3 is 9.47 Å². The average molecular weight is 298 g/mol. The summed E-state index contributed by atoms with van der Waals surface area (Å²) in [5, 5.41) is 4.09. The second-order valence-electron chi connectivity index (χ2n) is 4.78. The molecule has 0 saturated heterocycles. The molecule has 0 N–H and O–H groups in total. The second-order valence-corrected chi connectivity index (χ2v) is 4.78. The summed E-state index contributed by atoms with van der Waals surface area (Å²) in [7, 11) is 1.34. The average Bonchev–Trinajstić information content (AvgIpc) is 2.97. The van der Waals surface area contributed by atoms with Crippen molar-refractivity contribution in [3.05, 3.63) is 47.4 Å². The van der Waals surface area contributed by atoms with Gasteiger partial charge in [0.1, 0.15) is 12.1 Å². The van der Waals surface area contributed by atoms with Gasteiger partial charge in [0.2, 0.25) is 5.88 Å². The SMILES string of the molecule is COC(=O)c1ccc(C)c(Oc2cc(C)nc3ncnn23)c1. The number of carbonyl (C=O) groups excluding carboxylic acids is 1. The van der Waals surface area contributed by atoms with Gasteiger partial charge in [-0.25, -0.2) is 9.78 Å². The number of nitrogens with zero attached hydrogens (tertiary/aromatic N) is 4. The molecule has 1 aromatic carbocycles. The summed E-state index contributed by atoms with van der Waals surface area (Å²) in [5.41, 5.74) is 2.07. The molecule has 0 aliphatic rings. The van der Waals surface area contributed by atoms with Crippen LogP contribution >= 0.6 is 0 Å². The Labute approximate surface area is 126 Å². The first-order valence-corrected chi connectivity index (χ1v) is 6.62. The van der Waals surface area contributed by atoms with E-state index >= 15 is 0 Å². The van der Waals surface area contributed by atoms with Crippen molar-refractivity contribution in [2.24, 2.45) is 0 Å². The number of fused-ring (bicyclic) bond motifs is 1. The Morgan fingerprint density at radius 1 is 1.23 bits per heavy atom. The van der Waals surface area contributed by atoms with Gasteiger partial charge in [0, 0.05) is 11.8 Å². The lowest BCUT2D eigenvalue weighted by atomic mass is 10.1.